The monoisotopic (exact) mass is 222 g/mol. The van der Waals surface area contributed by atoms with E-state index in [2.05, 4.69) is 19.1 Å². The molecule has 2 unspecified atom stereocenters. The lowest BCUT2D eigenvalue weighted by atomic mass is 10.0. The van der Waals surface area contributed by atoms with E-state index >= 15 is 0 Å². The zero-order valence-electron chi connectivity index (χ0n) is 10.4. The zero-order chi connectivity index (χ0) is 12.0. The minimum atomic E-state index is -0.518. The Labute approximate surface area is 98.3 Å². The predicted molar refractivity (Wildman–Crippen MR) is 66.5 cm³/mol. The van der Waals surface area contributed by atoms with Crippen molar-refractivity contribution < 1.29 is 9.84 Å². The van der Waals surface area contributed by atoms with Gasteiger partial charge in [-0.3, -0.25) is 0 Å². The average Bonchev–Trinajstić information content (AvgIpc) is 2.35. The number of rotatable bonds is 6. The topological polar surface area (TPSA) is 29.5 Å². The highest BCUT2D eigenvalue weighted by atomic mass is 16.5. The van der Waals surface area contributed by atoms with Crippen LogP contribution in [0, 0.1) is 0 Å². The van der Waals surface area contributed by atoms with Gasteiger partial charge in [-0.2, -0.15) is 0 Å². The van der Waals surface area contributed by atoms with Crippen LogP contribution < -0.4 is 0 Å². The molecule has 1 N–H and O–H groups in total. The summed E-state index contributed by atoms with van der Waals surface area (Å²) >= 11 is 0. The average molecular weight is 222 g/mol. The maximum atomic E-state index is 10.1. The number of aliphatic hydroxyl groups is 1. The van der Waals surface area contributed by atoms with Gasteiger partial charge >= 0.3 is 0 Å². The Morgan fingerprint density at radius 2 is 1.75 bits per heavy atom. The molecular formula is C14H22O2. The maximum absolute atomic E-state index is 10.1. The van der Waals surface area contributed by atoms with E-state index in [-0.39, 0.29) is 6.10 Å². The van der Waals surface area contributed by atoms with Crippen LogP contribution in [-0.4, -0.2) is 17.8 Å². The molecule has 0 radical (unpaired) electrons. The number of hydrogen-bond donors (Lipinski definition) is 1. The van der Waals surface area contributed by atoms with Crippen LogP contribution in [-0.2, 0) is 11.2 Å². The first-order valence-electron chi connectivity index (χ1n) is 6.11. The van der Waals surface area contributed by atoms with E-state index in [0.29, 0.717) is 6.61 Å². The first-order valence-corrected chi connectivity index (χ1v) is 6.11. The molecule has 90 valence electrons. The molecule has 0 aliphatic rings. The molecule has 0 aromatic heterocycles. The van der Waals surface area contributed by atoms with Crippen LogP contribution in [0.3, 0.4) is 0 Å². The second-order valence-electron chi connectivity index (χ2n) is 3.94. The molecule has 0 saturated heterocycles. The Hall–Kier alpha value is -0.860. The van der Waals surface area contributed by atoms with Gasteiger partial charge in [0.15, 0.2) is 0 Å². The van der Waals surface area contributed by atoms with E-state index in [9.17, 15) is 5.11 Å². The van der Waals surface area contributed by atoms with Gasteiger partial charge in [0.05, 0.1) is 6.10 Å². The summed E-state index contributed by atoms with van der Waals surface area (Å²) in [5.74, 6) is 0. The number of benzene rings is 1. The molecule has 0 aliphatic carbocycles. The Kier molecular flexibility index (Phi) is 5.50. The van der Waals surface area contributed by atoms with Crippen molar-refractivity contribution in [3.63, 3.8) is 0 Å². The van der Waals surface area contributed by atoms with Gasteiger partial charge in [-0.1, -0.05) is 38.1 Å². The fourth-order valence-corrected chi connectivity index (χ4v) is 1.81. The van der Waals surface area contributed by atoms with Crippen molar-refractivity contribution in [3.8, 4) is 0 Å². The Bertz CT molecular complexity index is 292. The molecule has 1 aromatic carbocycles. The van der Waals surface area contributed by atoms with E-state index in [0.717, 1.165) is 18.4 Å². The van der Waals surface area contributed by atoms with Gasteiger partial charge in [-0.25, -0.2) is 0 Å². The molecule has 2 atom stereocenters. The zero-order valence-corrected chi connectivity index (χ0v) is 10.4. The van der Waals surface area contributed by atoms with Crippen molar-refractivity contribution in [2.45, 2.75) is 45.8 Å². The number of ether oxygens (including phenoxy) is 1. The van der Waals surface area contributed by atoms with E-state index in [1.165, 1.54) is 5.56 Å². The minimum Gasteiger partial charge on any atom is -0.386 e. The van der Waals surface area contributed by atoms with Crippen molar-refractivity contribution in [1.29, 1.82) is 0 Å². The standard InChI is InChI=1S/C14H22O2/c1-4-11-7-9-12(10-8-11)14(15)13(5-2)16-6-3/h7-10,13-15H,4-6H2,1-3H3. The van der Waals surface area contributed by atoms with Crippen LogP contribution in [0.2, 0.25) is 0 Å². The quantitative estimate of drug-likeness (QED) is 0.801. The van der Waals surface area contributed by atoms with Gasteiger partial charge in [0.1, 0.15) is 6.10 Å². The van der Waals surface area contributed by atoms with Crippen molar-refractivity contribution in [3.05, 3.63) is 35.4 Å². The number of aryl methyl sites for hydroxylation is 1. The molecule has 2 heteroatoms. The van der Waals surface area contributed by atoms with Crippen molar-refractivity contribution in [2.75, 3.05) is 6.61 Å². The fraction of sp³-hybridized carbons (Fsp3) is 0.571. The lowest BCUT2D eigenvalue weighted by molar-refractivity contribution is -0.0355. The van der Waals surface area contributed by atoms with Gasteiger partial charge in [-0.15, -0.1) is 0 Å². The first-order chi connectivity index (χ1) is 7.72. The lowest BCUT2D eigenvalue weighted by Crippen LogP contribution is -2.21. The number of hydrogen-bond acceptors (Lipinski definition) is 2. The van der Waals surface area contributed by atoms with E-state index < -0.39 is 6.10 Å². The Morgan fingerprint density at radius 1 is 1.12 bits per heavy atom. The van der Waals surface area contributed by atoms with Gasteiger partial charge < -0.3 is 9.84 Å². The molecule has 2 nitrogen and oxygen atoms in total. The highest BCUT2D eigenvalue weighted by Gasteiger charge is 2.19. The third-order valence-electron chi connectivity index (χ3n) is 2.86. The summed E-state index contributed by atoms with van der Waals surface area (Å²) < 4.78 is 5.51. The van der Waals surface area contributed by atoms with Crippen molar-refractivity contribution >= 4 is 0 Å². The summed E-state index contributed by atoms with van der Waals surface area (Å²) in [7, 11) is 0. The van der Waals surface area contributed by atoms with Crippen molar-refractivity contribution in [2.24, 2.45) is 0 Å². The molecule has 0 heterocycles. The lowest BCUT2D eigenvalue weighted by Gasteiger charge is -2.21. The molecule has 0 saturated carbocycles. The summed E-state index contributed by atoms with van der Waals surface area (Å²) in [6.07, 6.45) is 1.23. The summed E-state index contributed by atoms with van der Waals surface area (Å²) in [6.45, 7) is 6.75. The molecule has 1 aromatic rings. The maximum Gasteiger partial charge on any atom is 0.105 e. The molecule has 1 rings (SSSR count). The van der Waals surface area contributed by atoms with E-state index in [1.54, 1.807) is 0 Å². The van der Waals surface area contributed by atoms with Gasteiger partial charge in [0.25, 0.3) is 0 Å². The Morgan fingerprint density at radius 3 is 2.19 bits per heavy atom. The summed E-state index contributed by atoms with van der Waals surface area (Å²) in [4.78, 5) is 0. The molecule has 0 fully saturated rings. The van der Waals surface area contributed by atoms with Crippen LogP contribution in [0.5, 0.6) is 0 Å². The minimum absolute atomic E-state index is 0.0996. The molecular weight excluding hydrogens is 200 g/mol. The molecule has 0 aliphatic heterocycles. The highest BCUT2D eigenvalue weighted by Crippen LogP contribution is 2.21. The fourth-order valence-electron chi connectivity index (χ4n) is 1.81. The molecule has 16 heavy (non-hydrogen) atoms. The van der Waals surface area contributed by atoms with Gasteiger partial charge in [-0.05, 0) is 30.9 Å². The summed E-state index contributed by atoms with van der Waals surface area (Å²) in [5.41, 5.74) is 2.23. The first kappa shape index (κ1) is 13.2. The van der Waals surface area contributed by atoms with Crippen LogP contribution in [0.4, 0.5) is 0 Å². The smallest absolute Gasteiger partial charge is 0.105 e. The van der Waals surface area contributed by atoms with Gasteiger partial charge in [0.2, 0.25) is 0 Å². The van der Waals surface area contributed by atoms with Crippen LogP contribution >= 0.6 is 0 Å². The van der Waals surface area contributed by atoms with Crippen LogP contribution in [0.15, 0.2) is 24.3 Å². The summed E-state index contributed by atoms with van der Waals surface area (Å²) in [6, 6.07) is 8.12. The predicted octanol–water partition coefficient (Wildman–Crippen LogP) is 3.10. The molecule has 0 amide bonds. The third-order valence-corrected chi connectivity index (χ3v) is 2.86. The molecule has 0 spiro atoms. The molecule has 0 bridgehead atoms. The second-order valence-corrected chi connectivity index (χ2v) is 3.94. The van der Waals surface area contributed by atoms with Crippen LogP contribution in [0.25, 0.3) is 0 Å². The number of aliphatic hydroxyl groups excluding tert-OH is 1. The van der Waals surface area contributed by atoms with Crippen LogP contribution in [0.1, 0.15) is 44.4 Å². The SMILES string of the molecule is CCOC(CC)C(O)c1ccc(CC)cc1. The summed E-state index contributed by atoms with van der Waals surface area (Å²) in [5, 5.41) is 10.1. The third kappa shape index (κ3) is 3.32. The van der Waals surface area contributed by atoms with Gasteiger partial charge in [0, 0.05) is 6.61 Å². The highest BCUT2D eigenvalue weighted by molar-refractivity contribution is 5.24. The normalized spacial score (nSPS) is 14.8. The Balaban J connectivity index is 2.73. The van der Waals surface area contributed by atoms with E-state index in [4.69, 9.17) is 4.74 Å². The second kappa shape index (κ2) is 6.66. The van der Waals surface area contributed by atoms with E-state index in [1.807, 2.05) is 26.0 Å². The largest absolute Gasteiger partial charge is 0.386 e. The van der Waals surface area contributed by atoms with Crippen molar-refractivity contribution in [1.82, 2.24) is 0 Å².